The lowest BCUT2D eigenvalue weighted by molar-refractivity contribution is 0.102. The van der Waals surface area contributed by atoms with Gasteiger partial charge in [-0.3, -0.25) is 4.79 Å². The first-order chi connectivity index (χ1) is 13.3. The maximum atomic E-state index is 13.2. The number of hydrogen-bond donors (Lipinski definition) is 1. The number of carbonyl (C=O) groups excluding carboxylic acids is 1. The fourth-order valence-corrected chi connectivity index (χ4v) is 5.27. The molecule has 1 aliphatic heterocycles. The van der Waals surface area contributed by atoms with E-state index in [0.717, 1.165) is 42.5 Å². The predicted octanol–water partition coefficient (Wildman–Crippen LogP) is 4.43. The number of sulfonamides is 1. The van der Waals surface area contributed by atoms with Gasteiger partial charge in [-0.25, -0.2) is 8.42 Å². The number of aryl methyl sites for hydroxylation is 3. The molecule has 0 saturated carbocycles. The first kappa shape index (κ1) is 20.6. The van der Waals surface area contributed by atoms with E-state index in [1.807, 2.05) is 32.0 Å². The molecule has 0 aliphatic carbocycles. The maximum absolute atomic E-state index is 13.2. The Labute approximate surface area is 167 Å². The van der Waals surface area contributed by atoms with E-state index in [1.165, 1.54) is 6.07 Å². The van der Waals surface area contributed by atoms with Crippen molar-refractivity contribution in [3.63, 3.8) is 0 Å². The molecule has 0 spiro atoms. The van der Waals surface area contributed by atoms with Crippen molar-refractivity contribution in [2.45, 2.75) is 51.3 Å². The van der Waals surface area contributed by atoms with Crippen LogP contribution in [0.15, 0.2) is 41.3 Å². The second-order valence-electron chi connectivity index (χ2n) is 7.57. The van der Waals surface area contributed by atoms with Crippen LogP contribution < -0.4 is 5.32 Å². The van der Waals surface area contributed by atoms with Gasteiger partial charge in [0.2, 0.25) is 10.0 Å². The third kappa shape index (κ3) is 4.45. The zero-order valence-corrected chi connectivity index (χ0v) is 17.6. The van der Waals surface area contributed by atoms with Gasteiger partial charge >= 0.3 is 0 Å². The molecule has 1 fully saturated rings. The van der Waals surface area contributed by atoms with Crippen molar-refractivity contribution in [3.05, 3.63) is 58.7 Å². The Bertz CT molecular complexity index is 975. The SMILES string of the molecule is Cc1ccc(C)c(NC(=O)c2ccc(C)c(S(=O)(=O)N3CCCCCC3)c2)c1. The van der Waals surface area contributed by atoms with Crippen LogP contribution in [0.2, 0.25) is 0 Å². The summed E-state index contributed by atoms with van der Waals surface area (Å²) in [6, 6.07) is 10.8. The van der Waals surface area contributed by atoms with Gasteiger partial charge in [0.15, 0.2) is 0 Å². The molecule has 5 nitrogen and oxygen atoms in total. The normalized spacial score (nSPS) is 15.8. The molecular formula is C22H28N2O3S. The van der Waals surface area contributed by atoms with Crippen molar-refractivity contribution in [1.29, 1.82) is 0 Å². The number of nitrogens with one attached hydrogen (secondary N) is 1. The Balaban J connectivity index is 1.90. The first-order valence-corrected chi connectivity index (χ1v) is 11.2. The summed E-state index contributed by atoms with van der Waals surface area (Å²) in [6.45, 7) is 6.75. The highest BCUT2D eigenvalue weighted by molar-refractivity contribution is 7.89. The summed E-state index contributed by atoms with van der Waals surface area (Å²) in [5, 5.41) is 2.91. The number of nitrogens with zero attached hydrogens (tertiary/aromatic N) is 1. The lowest BCUT2D eigenvalue weighted by atomic mass is 10.1. The fourth-order valence-electron chi connectivity index (χ4n) is 3.51. The Kier molecular flexibility index (Phi) is 6.20. The van der Waals surface area contributed by atoms with Crippen LogP contribution in [0.5, 0.6) is 0 Å². The smallest absolute Gasteiger partial charge is 0.255 e. The quantitative estimate of drug-likeness (QED) is 0.826. The molecule has 1 N–H and O–H groups in total. The average molecular weight is 401 g/mol. The number of hydrogen-bond acceptors (Lipinski definition) is 3. The molecule has 2 aromatic carbocycles. The zero-order chi connectivity index (χ0) is 20.3. The number of benzene rings is 2. The van der Waals surface area contributed by atoms with Gasteiger partial charge in [0.05, 0.1) is 4.90 Å². The summed E-state index contributed by atoms with van der Waals surface area (Å²) in [7, 11) is -3.61. The van der Waals surface area contributed by atoms with Gasteiger partial charge in [-0.1, -0.05) is 31.0 Å². The van der Waals surface area contributed by atoms with Crippen LogP contribution in [0, 0.1) is 20.8 Å². The number of carbonyl (C=O) groups is 1. The minimum atomic E-state index is -3.61. The summed E-state index contributed by atoms with van der Waals surface area (Å²) in [6.07, 6.45) is 3.88. The third-order valence-corrected chi connectivity index (χ3v) is 7.32. The van der Waals surface area contributed by atoms with E-state index >= 15 is 0 Å². The topological polar surface area (TPSA) is 66.5 Å². The Morgan fingerprint density at radius 1 is 0.893 bits per heavy atom. The second-order valence-corrected chi connectivity index (χ2v) is 9.48. The Morgan fingerprint density at radius 2 is 1.54 bits per heavy atom. The molecule has 6 heteroatoms. The molecule has 1 aliphatic rings. The van der Waals surface area contributed by atoms with Crippen molar-refractivity contribution in [2.24, 2.45) is 0 Å². The lowest BCUT2D eigenvalue weighted by Crippen LogP contribution is -2.32. The van der Waals surface area contributed by atoms with E-state index in [1.54, 1.807) is 23.4 Å². The fraction of sp³-hybridized carbons (Fsp3) is 0.409. The van der Waals surface area contributed by atoms with Gasteiger partial charge in [0, 0.05) is 24.3 Å². The van der Waals surface area contributed by atoms with Crippen LogP contribution in [0.4, 0.5) is 5.69 Å². The van der Waals surface area contributed by atoms with E-state index in [2.05, 4.69) is 5.32 Å². The molecule has 1 amide bonds. The summed E-state index contributed by atoms with van der Waals surface area (Å²) in [5.41, 5.74) is 3.76. The molecule has 0 atom stereocenters. The summed E-state index contributed by atoms with van der Waals surface area (Å²) < 4.78 is 27.9. The molecule has 3 rings (SSSR count). The van der Waals surface area contributed by atoms with Crippen LogP contribution >= 0.6 is 0 Å². The highest BCUT2D eigenvalue weighted by atomic mass is 32.2. The van der Waals surface area contributed by atoms with Gasteiger partial charge in [-0.15, -0.1) is 0 Å². The van der Waals surface area contributed by atoms with Crippen molar-refractivity contribution < 1.29 is 13.2 Å². The van der Waals surface area contributed by atoms with Crippen LogP contribution in [0.3, 0.4) is 0 Å². The molecule has 1 saturated heterocycles. The standard InChI is InChI=1S/C22H28N2O3S/c1-16-8-9-17(2)20(14-16)23-22(25)19-11-10-18(3)21(15-19)28(26,27)24-12-6-4-5-7-13-24/h8-11,14-15H,4-7,12-13H2,1-3H3,(H,23,25). The van der Waals surface area contributed by atoms with Gasteiger partial charge in [0.25, 0.3) is 5.91 Å². The largest absolute Gasteiger partial charge is 0.322 e. The van der Waals surface area contributed by atoms with Gasteiger partial charge in [-0.2, -0.15) is 4.31 Å². The zero-order valence-electron chi connectivity index (χ0n) is 16.8. The van der Waals surface area contributed by atoms with E-state index in [9.17, 15) is 13.2 Å². The van der Waals surface area contributed by atoms with Crippen molar-refractivity contribution >= 4 is 21.6 Å². The van der Waals surface area contributed by atoms with Gasteiger partial charge in [0.1, 0.15) is 0 Å². The monoisotopic (exact) mass is 400 g/mol. The minimum Gasteiger partial charge on any atom is -0.322 e. The molecule has 0 unspecified atom stereocenters. The van der Waals surface area contributed by atoms with E-state index in [4.69, 9.17) is 0 Å². The molecule has 0 radical (unpaired) electrons. The van der Waals surface area contributed by atoms with E-state index in [-0.39, 0.29) is 10.8 Å². The van der Waals surface area contributed by atoms with Crippen LogP contribution in [0.25, 0.3) is 0 Å². The predicted molar refractivity (Wildman–Crippen MR) is 112 cm³/mol. The summed E-state index contributed by atoms with van der Waals surface area (Å²) >= 11 is 0. The number of rotatable bonds is 4. The van der Waals surface area contributed by atoms with E-state index in [0.29, 0.717) is 24.2 Å². The molecule has 0 aromatic heterocycles. The average Bonchev–Trinajstić information content (AvgIpc) is 2.95. The summed E-state index contributed by atoms with van der Waals surface area (Å²) in [4.78, 5) is 13.0. The third-order valence-electron chi connectivity index (χ3n) is 5.27. The highest BCUT2D eigenvalue weighted by Gasteiger charge is 2.27. The number of anilines is 1. The summed E-state index contributed by atoms with van der Waals surface area (Å²) in [5.74, 6) is -0.305. The van der Waals surface area contributed by atoms with Crippen LogP contribution in [0.1, 0.15) is 52.7 Å². The van der Waals surface area contributed by atoms with Gasteiger partial charge in [-0.05, 0) is 68.5 Å². The molecule has 150 valence electrons. The van der Waals surface area contributed by atoms with Crippen molar-refractivity contribution in [2.75, 3.05) is 18.4 Å². The second kappa shape index (κ2) is 8.45. The van der Waals surface area contributed by atoms with Crippen LogP contribution in [-0.4, -0.2) is 31.7 Å². The Morgan fingerprint density at radius 3 is 2.21 bits per heavy atom. The van der Waals surface area contributed by atoms with Crippen LogP contribution in [-0.2, 0) is 10.0 Å². The van der Waals surface area contributed by atoms with Gasteiger partial charge < -0.3 is 5.32 Å². The lowest BCUT2D eigenvalue weighted by Gasteiger charge is -2.21. The molecular weight excluding hydrogens is 372 g/mol. The van der Waals surface area contributed by atoms with E-state index < -0.39 is 10.0 Å². The molecule has 0 bridgehead atoms. The minimum absolute atomic E-state index is 0.225. The first-order valence-electron chi connectivity index (χ1n) is 9.78. The molecule has 2 aromatic rings. The number of amides is 1. The maximum Gasteiger partial charge on any atom is 0.255 e. The van der Waals surface area contributed by atoms with Crippen molar-refractivity contribution in [3.8, 4) is 0 Å². The highest BCUT2D eigenvalue weighted by Crippen LogP contribution is 2.25. The molecule has 1 heterocycles. The van der Waals surface area contributed by atoms with Crippen molar-refractivity contribution in [1.82, 2.24) is 4.31 Å². The Hall–Kier alpha value is -2.18. The molecule has 28 heavy (non-hydrogen) atoms.